The Morgan fingerprint density at radius 3 is 2.47 bits per heavy atom. The predicted octanol–water partition coefficient (Wildman–Crippen LogP) is 6.34. The van der Waals surface area contributed by atoms with E-state index < -0.39 is 18.0 Å². The molecule has 1 heterocycles. The molecule has 34 heavy (non-hydrogen) atoms. The van der Waals surface area contributed by atoms with Crippen molar-refractivity contribution in [1.29, 1.82) is 0 Å². The summed E-state index contributed by atoms with van der Waals surface area (Å²) in [7, 11) is 0. The largest absolute Gasteiger partial charge is 0.481 e. The first-order valence-electron chi connectivity index (χ1n) is 10.2. The lowest BCUT2D eigenvalue weighted by molar-refractivity contribution is -0.127. The van der Waals surface area contributed by atoms with Gasteiger partial charge in [0.05, 0.1) is 11.2 Å². The molecule has 0 fully saturated rings. The van der Waals surface area contributed by atoms with Crippen LogP contribution in [-0.2, 0) is 4.79 Å². The molecule has 4 aromatic rings. The van der Waals surface area contributed by atoms with Gasteiger partial charge < -0.3 is 9.47 Å². The van der Waals surface area contributed by atoms with Gasteiger partial charge in [-0.25, -0.2) is 10.2 Å². The van der Waals surface area contributed by atoms with E-state index in [9.17, 15) is 9.59 Å². The van der Waals surface area contributed by atoms with Crippen LogP contribution in [0.2, 0.25) is 10.0 Å². The lowest BCUT2D eigenvalue weighted by Crippen LogP contribution is -2.33. The van der Waals surface area contributed by atoms with Crippen molar-refractivity contribution in [3.8, 4) is 11.5 Å². The van der Waals surface area contributed by atoms with E-state index in [1.807, 2.05) is 24.3 Å². The van der Waals surface area contributed by atoms with Gasteiger partial charge in [0.25, 0.3) is 5.91 Å². The summed E-state index contributed by atoms with van der Waals surface area (Å²) in [5.74, 6) is -0.225. The molecule has 0 aliphatic carbocycles. The number of nitrogens with one attached hydrogen (secondary N) is 1. The summed E-state index contributed by atoms with van der Waals surface area (Å²) in [6, 6.07) is 21.0. The number of carbonyl (C=O) groups is 2. The number of benzene rings is 3. The van der Waals surface area contributed by atoms with Gasteiger partial charge in [0.15, 0.2) is 6.10 Å². The lowest BCUT2D eigenvalue weighted by Gasteiger charge is -2.12. The minimum absolute atomic E-state index is 0.282. The van der Waals surface area contributed by atoms with Crippen LogP contribution in [0.5, 0.6) is 11.5 Å². The number of hydrazone groups is 1. The standard InChI is InChI=1S/C25H18Cl2N2O4S/c1-15(32-18-12-10-17(26)11-13-18)24(30)29-28-14-16-6-2-4-8-20(16)33-25(31)23-22(27)19-7-3-5-9-21(19)34-23/h2-15H,1H3,(H,29,30)/b28-14-/t15-/m0/s1. The quantitative estimate of drug-likeness (QED) is 0.135. The first kappa shape index (κ1) is 23.8. The van der Waals surface area contributed by atoms with Gasteiger partial charge in [0.2, 0.25) is 0 Å². The maximum absolute atomic E-state index is 12.8. The molecule has 0 saturated carbocycles. The Balaban J connectivity index is 1.41. The Hall–Kier alpha value is -3.39. The van der Waals surface area contributed by atoms with E-state index in [1.165, 1.54) is 17.6 Å². The molecule has 1 atom stereocenters. The third-order valence-electron chi connectivity index (χ3n) is 4.72. The SMILES string of the molecule is C[C@H](Oc1ccc(Cl)cc1)C(=O)N/N=C\c1ccccc1OC(=O)c1sc2ccccc2c1Cl. The summed E-state index contributed by atoms with van der Waals surface area (Å²) in [6.07, 6.45) is 0.601. The molecule has 0 bridgehead atoms. The summed E-state index contributed by atoms with van der Waals surface area (Å²) in [4.78, 5) is 25.4. The normalized spacial score (nSPS) is 12.0. The molecule has 1 N–H and O–H groups in total. The van der Waals surface area contributed by atoms with Crippen molar-refractivity contribution in [1.82, 2.24) is 5.43 Å². The first-order chi connectivity index (χ1) is 16.4. The number of esters is 1. The van der Waals surface area contributed by atoms with E-state index >= 15 is 0 Å². The van der Waals surface area contributed by atoms with Crippen LogP contribution < -0.4 is 14.9 Å². The summed E-state index contributed by atoms with van der Waals surface area (Å²) < 4.78 is 12.0. The van der Waals surface area contributed by atoms with Crippen molar-refractivity contribution in [3.05, 3.63) is 93.3 Å². The molecule has 9 heteroatoms. The van der Waals surface area contributed by atoms with Crippen molar-refractivity contribution in [3.63, 3.8) is 0 Å². The van der Waals surface area contributed by atoms with Crippen molar-refractivity contribution in [2.75, 3.05) is 0 Å². The highest BCUT2D eigenvalue weighted by Gasteiger charge is 2.20. The fourth-order valence-electron chi connectivity index (χ4n) is 3.00. The summed E-state index contributed by atoms with van der Waals surface area (Å²) in [5.41, 5.74) is 2.92. The molecule has 3 aromatic carbocycles. The van der Waals surface area contributed by atoms with E-state index in [2.05, 4.69) is 10.5 Å². The maximum Gasteiger partial charge on any atom is 0.355 e. The van der Waals surface area contributed by atoms with Crippen molar-refractivity contribution >= 4 is 62.7 Å². The number of carbonyl (C=O) groups excluding carboxylic acids is 2. The molecule has 1 amide bonds. The van der Waals surface area contributed by atoms with Crippen LogP contribution in [0.15, 0.2) is 77.9 Å². The van der Waals surface area contributed by atoms with E-state index in [-0.39, 0.29) is 5.75 Å². The Kier molecular flexibility index (Phi) is 7.47. The van der Waals surface area contributed by atoms with Gasteiger partial charge in [0.1, 0.15) is 16.4 Å². The van der Waals surface area contributed by atoms with Gasteiger partial charge in [-0.3, -0.25) is 4.79 Å². The number of rotatable bonds is 7. The Morgan fingerprint density at radius 1 is 1.00 bits per heavy atom. The van der Waals surface area contributed by atoms with Crippen LogP contribution in [0.3, 0.4) is 0 Å². The number of thiophene rings is 1. The average molecular weight is 513 g/mol. The highest BCUT2D eigenvalue weighted by Crippen LogP contribution is 2.36. The number of ether oxygens (including phenoxy) is 2. The summed E-state index contributed by atoms with van der Waals surface area (Å²) >= 11 is 13.5. The zero-order chi connectivity index (χ0) is 24.1. The second kappa shape index (κ2) is 10.7. The van der Waals surface area contributed by atoms with Crippen molar-refractivity contribution < 1.29 is 19.1 Å². The van der Waals surface area contributed by atoms with E-state index in [1.54, 1.807) is 55.5 Å². The van der Waals surface area contributed by atoms with Crippen LogP contribution in [0.1, 0.15) is 22.2 Å². The molecule has 0 aliphatic heterocycles. The van der Waals surface area contributed by atoms with Gasteiger partial charge in [-0.1, -0.05) is 53.5 Å². The zero-order valence-electron chi connectivity index (χ0n) is 17.8. The van der Waals surface area contributed by atoms with Crippen molar-refractivity contribution in [2.45, 2.75) is 13.0 Å². The molecule has 0 spiro atoms. The predicted molar refractivity (Wildman–Crippen MR) is 136 cm³/mol. The molecular formula is C25H18Cl2N2O4S. The van der Waals surface area contributed by atoms with Gasteiger partial charge >= 0.3 is 5.97 Å². The highest BCUT2D eigenvalue weighted by molar-refractivity contribution is 7.21. The zero-order valence-corrected chi connectivity index (χ0v) is 20.2. The Labute approximate surface area is 209 Å². The topological polar surface area (TPSA) is 77.0 Å². The fourth-order valence-corrected chi connectivity index (χ4v) is 4.51. The average Bonchev–Trinajstić information content (AvgIpc) is 3.18. The smallest absolute Gasteiger partial charge is 0.355 e. The summed E-state index contributed by atoms with van der Waals surface area (Å²) in [5, 5.41) is 5.70. The number of halogens is 2. The maximum atomic E-state index is 12.8. The molecule has 0 radical (unpaired) electrons. The van der Waals surface area contributed by atoms with Crippen molar-refractivity contribution in [2.24, 2.45) is 5.10 Å². The number of hydrogen-bond acceptors (Lipinski definition) is 6. The number of amides is 1. The molecular weight excluding hydrogens is 495 g/mol. The fraction of sp³-hybridized carbons (Fsp3) is 0.0800. The number of nitrogens with zero attached hydrogens (tertiary/aromatic N) is 1. The monoisotopic (exact) mass is 512 g/mol. The van der Waals surface area contributed by atoms with Crippen LogP contribution in [-0.4, -0.2) is 24.2 Å². The number of hydrogen-bond donors (Lipinski definition) is 1. The molecule has 0 unspecified atom stereocenters. The van der Waals surface area contributed by atoms with Crippen LogP contribution in [0, 0.1) is 0 Å². The number of para-hydroxylation sites is 1. The molecule has 172 valence electrons. The highest BCUT2D eigenvalue weighted by atomic mass is 35.5. The van der Waals surface area contributed by atoms with Crippen LogP contribution in [0.25, 0.3) is 10.1 Å². The Morgan fingerprint density at radius 2 is 1.71 bits per heavy atom. The van der Waals surface area contributed by atoms with E-state index in [4.69, 9.17) is 32.7 Å². The van der Waals surface area contributed by atoms with Gasteiger partial charge in [0, 0.05) is 20.7 Å². The molecule has 4 rings (SSSR count). The second-order valence-electron chi connectivity index (χ2n) is 7.12. The Bertz CT molecular complexity index is 1370. The second-order valence-corrected chi connectivity index (χ2v) is 8.98. The van der Waals surface area contributed by atoms with Gasteiger partial charge in [-0.2, -0.15) is 5.10 Å². The molecule has 6 nitrogen and oxygen atoms in total. The summed E-state index contributed by atoms with van der Waals surface area (Å²) in [6.45, 7) is 1.60. The molecule has 0 aliphatic rings. The van der Waals surface area contributed by atoms with Crippen LogP contribution in [0.4, 0.5) is 0 Å². The van der Waals surface area contributed by atoms with E-state index in [0.717, 1.165) is 10.1 Å². The van der Waals surface area contributed by atoms with Gasteiger partial charge in [-0.05, 0) is 49.4 Å². The minimum Gasteiger partial charge on any atom is -0.481 e. The molecule has 0 saturated heterocycles. The first-order valence-corrected chi connectivity index (χ1v) is 11.7. The molecule has 1 aromatic heterocycles. The third-order valence-corrected chi connectivity index (χ3v) is 6.62. The minimum atomic E-state index is -0.790. The lowest BCUT2D eigenvalue weighted by atomic mass is 10.2. The number of fused-ring (bicyclic) bond motifs is 1. The van der Waals surface area contributed by atoms with E-state index in [0.29, 0.717) is 26.2 Å². The van der Waals surface area contributed by atoms with Gasteiger partial charge in [-0.15, -0.1) is 11.3 Å². The third kappa shape index (κ3) is 5.56. The van der Waals surface area contributed by atoms with Crippen LogP contribution >= 0.6 is 34.5 Å².